The molecule has 0 bridgehead atoms. The van der Waals surface area contributed by atoms with Crippen molar-refractivity contribution >= 4 is 23.6 Å². The van der Waals surface area contributed by atoms with Gasteiger partial charge in [0.1, 0.15) is 12.6 Å². The Kier molecular flexibility index (Phi) is 3.78. The number of primary amides is 1. The minimum atomic E-state index is -1.89. The number of carbonyl (C=O) groups excluding carboxylic acids is 4. The van der Waals surface area contributed by atoms with Gasteiger partial charge in [0.05, 0.1) is 36.4 Å². The third-order valence-electron chi connectivity index (χ3n) is 6.73. The largest absolute Gasteiger partial charge is 0.449 e. The van der Waals surface area contributed by atoms with E-state index in [1.54, 1.807) is 9.80 Å². The summed E-state index contributed by atoms with van der Waals surface area (Å²) in [6, 6.07) is -0.596. The standard InChI is InChI=1S/C19H21N3O8/c1-8-14(24)13-12(16(25)19(8)29-4-5-30-19)10(7-28-17(20)26)18(27-3)15-11(6-21(13)18)22(15)9(2)23/h10-11,15H,1,4-7H2,2-3H3,(H2,20,26)/t10-,11+,15+,18-,22?/m1/s1. The highest BCUT2D eigenvalue weighted by Gasteiger charge is 2.78. The molecular weight excluding hydrogens is 398 g/mol. The van der Waals surface area contributed by atoms with Crippen LogP contribution in [-0.2, 0) is 33.3 Å². The normalized spacial score (nSPS) is 35.7. The second-order valence-corrected chi connectivity index (χ2v) is 7.90. The van der Waals surface area contributed by atoms with E-state index in [0.29, 0.717) is 6.54 Å². The van der Waals surface area contributed by atoms with Crippen molar-refractivity contribution in [1.29, 1.82) is 0 Å². The van der Waals surface area contributed by atoms with Crippen LogP contribution in [0.2, 0.25) is 0 Å². The summed E-state index contributed by atoms with van der Waals surface area (Å²) < 4.78 is 22.1. The van der Waals surface area contributed by atoms with Crippen LogP contribution in [0.5, 0.6) is 0 Å². The van der Waals surface area contributed by atoms with E-state index >= 15 is 0 Å². The molecule has 0 aromatic rings. The molecule has 160 valence electrons. The fourth-order valence-electron chi connectivity index (χ4n) is 5.62. The molecule has 1 aliphatic carbocycles. The van der Waals surface area contributed by atoms with Crippen LogP contribution in [0.1, 0.15) is 6.92 Å². The monoisotopic (exact) mass is 419 g/mol. The Morgan fingerprint density at radius 1 is 1.30 bits per heavy atom. The molecule has 0 unspecified atom stereocenters. The Bertz CT molecular complexity index is 951. The summed E-state index contributed by atoms with van der Waals surface area (Å²) in [5.41, 5.74) is 4.03. The SMILES string of the molecule is C=C1C(=O)C2=C(C(=O)C13OCCO3)[C@@H](COC(N)=O)[C@@]1(OC)[C@@H]3[C@H](CN21)N3C(C)=O. The van der Waals surface area contributed by atoms with Crippen LogP contribution >= 0.6 is 0 Å². The molecule has 0 radical (unpaired) electrons. The Morgan fingerprint density at radius 3 is 2.53 bits per heavy atom. The van der Waals surface area contributed by atoms with Crippen molar-refractivity contribution in [2.45, 2.75) is 30.5 Å². The second-order valence-electron chi connectivity index (χ2n) is 7.90. The highest BCUT2D eigenvalue weighted by Crippen LogP contribution is 2.61. The number of carbonyl (C=O) groups is 4. The molecule has 4 heterocycles. The molecular formula is C19H21N3O8. The third kappa shape index (κ3) is 1.99. The lowest BCUT2D eigenvalue weighted by atomic mass is 9.78. The van der Waals surface area contributed by atoms with E-state index in [1.165, 1.54) is 14.0 Å². The van der Waals surface area contributed by atoms with Gasteiger partial charge in [-0.1, -0.05) is 6.58 Å². The number of ketones is 2. The molecule has 3 saturated heterocycles. The molecule has 5 aliphatic rings. The van der Waals surface area contributed by atoms with E-state index in [4.69, 9.17) is 24.7 Å². The van der Waals surface area contributed by atoms with E-state index in [1.807, 2.05) is 0 Å². The topological polar surface area (TPSA) is 137 Å². The summed E-state index contributed by atoms with van der Waals surface area (Å²) in [6.07, 6.45) is -1.03. The van der Waals surface area contributed by atoms with Crippen LogP contribution in [0.4, 0.5) is 4.79 Å². The predicted octanol–water partition coefficient (Wildman–Crippen LogP) is -1.33. The van der Waals surface area contributed by atoms with Crippen LogP contribution in [0.3, 0.4) is 0 Å². The second kappa shape index (κ2) is 5.90. The molecule has 11 heteroatoms. The molecule has 5 rings (SSSR count). The summed E-state index contributed by atoms with van der Waals surface area (Å²) in [5.74, 6) is -3.99. The number of hydrogen-bond donors (Lipinski definition) is 1. The van der Waals surface area contributed by atoms with E-state index in [2.05, 4.69) is 6.58 Å². The number of nitrogens with zero attached hydrogens (tertiary/aromatic N) is 2. The number of hydrogen-bond acceptors (Lipinski definition) is 9. The van der Waals surface area contributed by atoms with Gasteiger partial charge in [-0.15, -0.1) is 0 Å². The summed E-state index contributed by atoms with van der Waals surface area (Å²) in [4.78, 5) is 53.7. The number of methoxy groups -OCH3 is 1. The van der Waals surface area contributed by atoms with Crippen LogP contribution < -0.4 is 5.73 Å². The molecule has 3 fully saturated rings. The zero-order valence-corrected chi connectivity index (χ0v) is 16.5. The van der Waals surface area contributed by atoms with E-state index in [9.17, 15) is 19.2 Å². The van der Waals surface area contributed by atoms with Crippen molar-refractivity contribution in [2.75, 3.05) is 33.5 Å². The van der Waals surface area contributed by atoms with Crippen LogP contribution in [0.15, 0.2) is 23.4 Å². The first-order chi connectivity index (χ1) is 14.2. The number of Topliss-reactive ketones (excluding diaryl/α,β-unsaturated/α-hetero) is 2. The minimum absolute atomic E-state index is 0.0891. The maximum Gasteiger partial charge on any atom is 0.404 e. The van der Waals surface area contributed by atoms with Gasteiger partial charge < -0.3 is 34.5 Å². The number of fused-ring (bicyclic) bond motifs is 4. The van der Waals surface area contributed by atoms with Crippen molar-refractivity contribution in [2.24, 2.45) is 11.7 Å². The minimum Gasteiger partial charge on any atom is -0.449 e. The summed E-state index contributed by atoms with van der Waals surface area (Å²) in [5, 5.41) is 0. The lowest BCUT2D eigenvalue weighted by Crippen LogP contribution is -2.56. The maximum atomic E-state index is 13.6. The van der Waals surface area contributed by atoms with Crippen molar-refractivity contribution in [3.05, 3.63) is 23.4 Å². The summed E-state index contributed by atoms with van der Waals surface area (Å²) >= 11 is 0. The van der Waals surface area contributed by atoms with Gasteiger partial charge in [0.15, 0.2) is 5.72 Å². The average molecular weight is 419 g/mol. The first-order valence-electron chi connectivity index (χ1n) is 9.57. The third-order valence-corrected chi connectivity index (χ3v) is 6.73. The first-order valence-corrected chi connectivity index (χ1v) is 9.57. The number of allylic oxidation sites excluding steroid dienone is 1. The Balaban J connectivity index is 1.66. The van der Waals surface area contributed by atoms with Gasteiger partial charge in [0.2, 0.25) is 17.5 Å². The van der Waals surface area contributed by atoms with Crippen LogP contribution in [-0.4, -0.2) is 90.4 Å². The number of amides is 2. The zero-order chi connectivity index (χ0) is 21.6. The molecule has 30 heavy (non-hydrogen) atoms. The molecule has 2 N–H and O–H groups in total. The number of nitrogens with two attached hydrogens (primary N) is 1. The number of piperazine rings is 1. The lowest BCUT2D eigenvalue weighted by Gasteiger charge is -2.40. The van der Waals surface area contributed by atoms with E-state index < -0.39 is 41.1 Å². The zero-order valence-electron chi connectivity index (χ0n) is 16.5. The van der Waals surface area contributed by atoms with Crippen molar-refractivity contribution < 1.29 is 38.1 Å². The van der Waals surface area contributed by atoms with Crippen molar-refractivity contribution in [3.63, 3.8) is 0 Å². The first kappa shape index (κ1) is 19.2. The molecule has 1 spiro atoms. The van der Waals surface area contributed by atoms with Crippen LogP contribution in [0, 0.1) is 5.92 Å². The summed E-state index contributed by atoms with van der Waals surface area (Å²) in [6.45, 7) is 5.47. The highest BCUT2D eigenvalue weighted by atomic mass is 16.7. The highest BCUT2D eigenvalue weighted by molar-refractivity contribution is 6.25. The Morgan fingerprint density at radius 2 is 1.97 bits per heavy atom. The molecule has 0 saturated carbocycles. The fourth-order valence-corrected chi connectivity index (χ4v) is 5.62. The Labute approximate surface area is 171 Å². The van der Waals surface area contributed by atoms with Gasteiger partial charge in [-0.25, -0.2) is 4.79 Å². The number of ether oxygens (including phenoxy) is 4. The molecule has 0 aromatic heterocycles. The Hall–Kier alpha value is -2.76. The van der Waals surface area contributed by atoms with Gasteiger partial charge in [0, 0.05) is 26.2 Å². The molecule has 2 amide bonds. The molecule has 0 aromatic carbocycles. The molecule has 4 aliphatic heterocycles. The van der Waals surface area contributed by atoms with Gasteiger partial charge in [-0.2, -0.15) is 0 Å². The van der Waals surface area contributed by atoms with Gasteiger partial charge in [-0.3, -0.25) is 14.4 Å². The van der Waals surface area contributed by atoms with Crippen molar-refractivity contribution in [3.8, 4) is 0 Å². The fraction of sp³-hybridized carbons (Fsp3) is 0.579. The smallest absolute Gasteiger partial charge is 0.404 e. The summed E-state index contributed by atoms with van der Waals surface area (Å²) in [7, 11) is 1.43. The predicted molar refractivity (Wildman–Crippen MR) is 96.4 cm³/mol. The maximum absolute atomic E-state index is 13.6. The van der Waals surface area contributed by atoms with Crippen LogP contribution in [0.25, 0.3) is 0 Å². The number of rotatable bonds is 3. The van der Waals surface area contributed by atoms with E-state index in [0.717, 1.165) is 0 Å². The van der Waals surface area contributed by atoms with E-state index in [-0.39, 0.29) is 48.6 Å². The average Bonchev–Trinajstić information content (AvgIpc) is 3.03. The lowest BCUT2D eigenvalue weighted by molar-refractivity contribution is -0.168. The quantitative estimate of drug-likeness (QED) is 0.436. The molecule has 4 atom stereocenters. The van der Waals surface area contributed by atoms with Gasteiger partial charge in [-0.05, 0) is 0 Å². The molecule has 11 nitrogen and oxygen atoms in total. The van der Waals surface area contributed by atoms with Crippen molar-refractivity contribution in [1.82, 2.24) is 9.80 Å². The van der Waals surface area contributed by atoms with Gasteiger partial charge >= 0.3 is 6.09 Å². The van der Waals surface area contributed by atoms with Gasteiger partial charge in [0.25, 0.3) is 5.79 Å².